The Morgan fingerprint density at radius 2 is 2.00 bits per heavy atom. The van der Waals surface area contributed by atoms with Gasteiger partial charge in [-0.05, 0) is 17.7 Å². The average Bonchev–Trinajstić information content (AvgIpc) is 2.47. The summed E-state index contributed by atoms with van der Waals surface area (Å²) in [6.45, 7) is 4.70. The van der Waals surface area contributed by atoms with Crippen LogP contribution in [0.25, 0.3) is 0 Å². The Bertz CT molecular complexity index is 497. The Balaban J connectivity index is 2.62. The molecule has 0 fully saturated rings. The van der Waals surface area contributed by atoms with Crippen molar-refractivity contribution in [2.75, 3.05) is 27.2 Å². The van der Waals surface area contributed by atoms with E-state index in [4.69, 9.17) is 0 Å². The van der Waals surface area contributed by atoms with Gasteiger partial charge in [0.2, 0.25) is 5.91 Å². The summed E-state index contributed by atoms with van der Waals surface area (Å²) in [6.07, 6.45) is 1.70. The molecule has 0 aliphatic rings. The number of likely N-dealkylation sites (N-methyl/N-ethyl adjacent to an activating group) is 1. The molecule has 1 aromatic carbocycles. The number of amides is 1. The number of carbonyl (C=O) groups is 1. The highest BCUT2D eigenvalue weighted by molar-refractivity contribution is 5.86. The molecular weight excluding hydrogens is 271 g/mol. The molecule has 1 aromatic rings. The zero-order valence-corrected chi connectivity index (χ0v) is 12.4. The van der Waals surface area contributed by atoms with Crippen LogP contribution in [-0.4, -0.2) is 44.0 Å². The molecule has 0 radical (unpaired) electrons. The van der Waals surface area contributed by atoms with E-state index >= 15 is 0 Å². The quantitative estimate of drug-likeness (QED) is 0.469. The maximum Gasteiger partial charge on any atom is 0.241 e. The molecule has 6 heteroatoms. The third-order valence-corrected chi connectivity index (χ3v) is 2.65. The Kier molecular flexibility index (Phi) is 6.94. The van der Waals surface area contributed by atoms with Crippen LogP contribution in [0.3, 0.4) is 0 Å². The van der Waals surface area contributed by atoms with Gasteiger partial charge in [0.1, 0.15) is 5.82 Å². The Morgan fingerprint density at radius 1 is 1.33 bits per heavy atom. The standard InChI is InChI=1S/C15H21FN4O/c1-4-9-17-15(19-11-14(21)20(2)3)18-10-12-5-7-13(16)8-6-12/h4-8H,1,9-11H2,2-3H3,(H2,17,18,19). The molecule has 0 atom stereocenters. The van der Waals surface area contributed by atoms with Crippen LogP contribution in [0.5, 0.6) is 0 Å². The van der Waals surface area contributed by atoms with Gasteiger partial charge < -0.3 is 15.5 Å². The molecule has 0 bridgehead atoms. The molecule has 0 saturated heterocycles. The molecule has 5 nitrogen and oxygen atoms in total. The first-order chi connectivity index (χ1) is 10.0. The molecule has 1 amide bonds. The van der Waals surface area contributed by atoms with Gasteiger partial charge in [0, 0.05) is 20.6 Å². The van der Waals surface area contributed by atoms with Crippen molar-refractivity contribution >= 4 is 11.9 Å². The molecule has 0 aliphatic carbocycles. The fourth-order valence-corrected chi connectivity index (χ4v) is 1.42. The molecule has 1 rings (SSSR count). The molecule has 0 aliphatic heterocycles. The summed E-state index contributed by atoms with van der Waals surface area (Å²) in [5.41, 5.74) is 0.884. The summed E-state index contributed by atoms with van der Waals surface area (Å²) < 4.78 is 12.8. The van der Waals surface area contributed by atoms with Crippen LogP contribution in [0.4, 0.5) is 4.39 Å². The van der Waals surface area contributed by atoms with Gasteiger partial charge in [-0.15, -0.1) is 6.58 Å². The molecule has 0 heterocycles. The summed E-state index contributed by atoms with van der Waals surface area (Å²) >= 11 is 0. The number of benzene rings is 1. The monoisotopic (exact) mass is 292 g/mol. The zero-order valence-electron chi connectivity index (χ0n) is 12.4. The van der Waals surface area contributed by atoms with Gasteiger partial charge in [-0.1, -0.05) is 18.2 Å². The number of nitrogens with one attached hydrogen (secondary N) is 2. The molecule has 0 unspecified atom stereocenters. The third-order valence-electron chi connectivity index (χ3n) is 2.65. The van der Waals surface area contributed by atoms with Crippen molar-refractivity contribution in [3.63, 3.8) is 0 Å². The van der Waals surface area contributed by atoms with E-state index in [1.165, 1.54) is 17.0 Å². The lowest BCUT2D eigenvalue weighted by Crippen LogP contribution is -2.43. The number of guanidine groups is 1. The minimum atomic E-state index is -0.276. The van der Waals surface area contributed by atoms with Gasteiger partial charge in [-0.25, -0.2) is 9.38 Å². The highest BCUT2D eigenvalue weighted by atomic mass is 19.1. The van der Waals surface area contributed by atoms with Crippen molar-refractivity contribution in [3.05, 3.63) is 48.3 Å². The second kappa shape index (κ2) is 8.73. The Morgan fingerprint density at radius 3 is 2.57 bits per heavy atom. The predicted octanol–water partition coefficient (Wildman–Crippen LogP) is 1.14. The molecule has 2 N–H and O–H groups in total. The number of rotatable bonds is 6. The molecule has 0 saturated carbocycles. The van der Waals surface area contributed by atoms with E-state index in [0.717, 1.165) is 5.56 Å². The fraction of sp³-hybridized carbons (Fsp3) is 0.333. The van der Waals surface area contributed by atoms with Gasteiger partial charge in [0.25, 0.3) is 0 Å². The van der Waals surface area contributed by atoms with E-state index in [9.17, 15) is 9.18 Å². The van der Waals surface area contributed by atoms with Gasteiger partial charge in [0.15, 0.2) is 5.96 Å². The number of aliphatic imine (C=N–C) groups is 1. The summed E-state index contributed by atoms with van der Waals surface area (Å²) in [5, 5.41) is 5.96. The minimum Gasteiger partial charge on any atom is -0.353 e. The first-order valence-corrected chi connectivity index (χ1v) is 6.60. The normalized spacial score (nSPS) is 10.9. The smallest absolute Gasteiger partial charge is 0.241 e. The molecule has 0 spiro atoms. The van der Waals surface area contributed by atoms with Crippen LogP contribution >= 0.6 is 0 Å². The maximum atomic E-state index is 12.8. The van der Waals surface area contributed by atoms with Crippen molar-refractivity contribution < 1.29 is 9.18 Å². The zero-order chi connectivity index (χ0) is 15.7. The topological polar surface area (TPSA) is 56.7 Å². The van der Waals surface area contributed by atoms with Gasteiger partial charge >= 0.3 is 0 Å². The summed E-state index contributed by atoms with van der Waals surface area (Å²) in [5.74, 6) is 0.182. The number of hydrogen-bond acceptors (Lipinski definition) is 2. The fourth-order valence-electron chi connectivity index (χ4n) is 1.42. The van der Waals surface area contributed by atoms with Crippen LogP contribution in [0.2, 0.25) is 0 Å². The van der Waals surface area contributed by atoms with E-state index in [2.05, 4.69) is 22.2 Å². The Hall–Kier alpha value is -2.37. The van der Waals surface area contributed by atoms with Crippen LogP contribution < -0.4 is 10.6 Å². The van der Waals surface area contributed by atoms with Crippen LogP contribution in [0.1, 0.15) is 5.56 Å². The van der Waals surface area contributed by atoms with Crippen LogP contribution in [-0.2, 0) is 11.3 Å². The highest BCUT2D eigenvalue weighted by Gasteiger charge is 2.05. The SMILES string of the molecule is C=CCNC(=NCc1ccc(F)cc1)NCC(=O)N(C)C. The largest absolute Gasteiger partial charge is 0.353 e. The van der Waals surface area contributed by atoms with E-state index in [1.807, 2.05) is 0 Å². The van der Waals surface area contributed by atoms with Crippen molar-refractivity contribution in [2.24, 2.45) is 4.99 Å². The van der Waals surface area contributed by atoms with E-state index in [1.54, 1.807) is 32.3 Å². The predicted molar refractivity (Wildman–Crippen MR) is 82.4 cm³/mol. The maximum absolute atomic E-state index is 12.8. The number of carbonyl (C=O) groups excluding carboxylic acids is 1. The third kappa shape index (κ3) is 6.56. The average molecular weight is 292 g/mol. The van der Waals surface area contributed by atoms with Crippen molar-refractivity contribution in [1.29, 1.82) is 0 Å². The van der Waals surface area contributed by atoms with Crippen molar-refractivity contribution in [2.45, 2.75) is 6.54 Å². The second-order valence-corrected chi connectivity index (χ2v) is 4.60. The van der Waals surface area contributed by atoms with E-state index in [0.29, 0.717) is 19.0 Å². The molecule has 0 aromatic heterocycles. The first kappa shape index (κ1) is 16.7. The van der Waals surface area contributed by atoms with E-state index in [-0.39, 0.29) is 18.3 Å². The number of halogens is 1. The number of nitrogens with zero attached hydrogens (tertiary/aromatic N) is 2. The number of hydrogen-bond donors (Lipinski definition) is 2. The van der Waals surface area contributed by atoms with E-state index < -0.39 is 0 Å². The highest BCUT2D eigenvalue weighted by Crippen LogP contribution is 2.03. The van der Waals surface area contributed by atoms with Gasteiger partial charge in [-0.3, -0.25) is 4.79 Å². The lowest BCUT2D eigenvalue weighted by Gasteiger charge is -2.14. The molecule has 114 valence electrons. The lowest BCUT2D eigenvalue weighted by atomic mass is 10.2. The lowest BCUT2D eigenvalue weighted by molar-refractivity contribution is -0.127. The minimum absolute atomic E-state index is 0.0510. The van der Waals surface area contributed by atoms with Gasteiger partial charge in [-0.2, -0.15) is 0 Å². The van der Waals surface area contributed by atoms with Crippen LogP contribution in [0, 0.1) is 5.82 Å². The van der Waals surface area contributed by atoms with Crippen LogP contribution in [0.15, 0.2) is 41.9 Å². The molecular formula is C15H21FN4O. The van der Waals surface area contributed by atoms with Gasteiger partial charge in [0.05, 0.1) is 13.1 Å². The summed E-state index contributed by atoms with van der Waals surface area (Å²) in [4.78, 5) is 17.4. The first-order valence-electron chi connectivity index (χ1n) is 6.60. The van der Waals surface area contributed by atoms with Crippen molar-refractivity contribution in [3.8, 4) is 0 Å². The second-order valence-electron chi connectivity index (χ2n) is 4.60. The van der Waals surface area contributed by atoms with Crippen molar-refractivity contribution in [1.82, 2.24) is 15.5 Å². The summed E-state index contributed by atoms with van der Waals surface area (Å²) in [6, 6.07) is 6.14. The summed E-state index contributed by atoms with van der Waals surface area (Å²) in [7, 11) is 3.38. The Labute approximate surface area is 124 Å². The molecule has 21 heavy (non-hydrogen) atoms.